The fraction of sp³-hybridized carbons (Fsp3) is 0.733. The van der Waals surface area contributed by atoms with Crippen molar-refractivity contribution in [3.63, 3.8) is 0 Å². The van der Waals surface area contributed by atoms with Gasteiger partial charge in [-0.05, 0) is 31.8 Å². The van der Waals surface area contributed by atoms with Gasteiger partial charge in [-0.15, -0.1) is 0 Å². The second-order valence-corrected chi connectivity index (χ2v) is 8.35. The smallest absolute Gasteiger partial charge is 0.332 e. The van der Waals surface area contributed by atoms with Crippen molar-refractivity contribution in [1.29, 1.82) is 0 Å². The van der Waals surface area contributed by atoms with E-state index in [1.807, 2.05) is 0 Å². The quantitative estimate of drug-likeness (QED) is 0.289. The summed E-state index contributed by atoms with van der Waals surface area (Å²) in [5.74, 6) is -0.889. The van der Waals surface area contributed by atoms with Gasteiger partial charge in [0.2, 0.25) is 5.91 Å². The second-order valence-electron chi connectivity index (χ2n) is 6.57. The Morgan fingerprint density at radius 3 is 2.88 bits per heavy atom. The second kappa shape index (κ2) is 6.12. The van der Waals surface area contributed by atoms with Gasteiger partial charge in [-0.1, -0.05) is 6.58 Å². The molecule has 2 bridgehead atoms. The molecule has 24 heavy (non-hydrogen) atoms. The molecule has 2 aliphatic carbocycles. The number of rotatable bonds is 7. The topological polar surface area (TPSA) is 108 Å². The summed E-state index contributed by atoms with van der Waals surface area (Å²) >= 11 is 0. The van der Waals surface area contributed by atoms with Gasteiger partial charge < -0.3 is 14.8 Å². The molecule has 134 valence electrons. The molecule has 5 atom stereocenters. The average Bonchev–Trinajstić information content (AvgIpc) is 3.14. The van der Waals surface area contributed by atoms with Crippen LogP contribution in [0.3, 0.4) is 0 Å². The molecule has 3 rings (SSSR count). The van der Waals surface area contributed by atoms with E-state index in [4.69, 9.17) is 13.7 Å². The first-order chi connectivity index (χ1) is 11.3. The highest BCUT2D eigenvalue weighted by Crippen LogP contribution is 2.60. The van der Waals surface area contributed by atoms with E-state index < -0.39 is 33.0 Å². The Morgan fingerprint density at radius 1 is 1.42 bits per heavy atom. The Labute approximate surface area is 140 Å². The molecule has 9 heteroatoms. The number of ether oxygens (including phenoxy) is 2. The average molecular weight is 359 g/mol. The van der Waals surface area contributed by atoms with E-state index in [9.17, 15) is 18.0 Å². The van der Waals surface area contributed by atoms with Crippen LogP contribution in [0.25, 0.3) is 0 Å². The molecule has 0 aromatic rings. The normalized spacial score (nSPS) is 38.0. The molecule has 2 saturated carbocycles. The lowest BCUT2D eigenvalue weighted by Gasteiger charge is -2.36. The van der Waals surface area contributed by atoms with Crippen molar-refractivity contribution in [2.24, 2.45) is 11.8 Å². The predicted octanol–water partition coefficient (Wildman–Crippen LogP) is -0.256. The zero-order valence-electron chi connectivity index (χ0n) is 13.4. The van der Waals surface area contributed by atoms with Gasteiger partial charge in [0.25, 0.3) is 10.1 Å². The first-order valence-corrected chi connectivity index (χ1v) is 9.37. The van der Waals surface area contributed by atoms with Crippen LogP contribution in [0.4, 0.5) is 0 Å². The molecule has 5 unspecified atom stereocenters. The van der Waals surface area contributed by atoms with Gasteiger partial charge in [0.15, 0.2) is 0 Å². The number of carbonyl (C=O) groups is 2. The molecule has 1 saturated heterocycles. The van der Waals surface area contributed by atoms with E-state index in [0.717, 1.165) is 12.5 Å². The molecule has 3 fully saturated rings. The predicted molar refractivity (Wildman–Crippen MR) is 82.3 cm³/mol. The van der Waals surface area contributed by atoms with Crippen molar-refractivity contribution < 1.29 is 31.7 Å². The molecule has 0 aromatic carbocycles. The zero-order valence-corrected chi connectivity index (χ0v) is 14.2. The Bertz CT molecular complexity index is 661. The maximum absolute atomic E-state index is 11.9. The number of carbonyl (C=O) groups excluding carboxylic acids is 2. The molecule has 3 aliphatic rings. The summed E-state index contributed by atoms with van der Waals surface area (Å²) in [5.41, 5.74) is -0.791. The van der Waals surface area contributed by atoms with Crippen molar-refractivity contribution >= 4 is 22.0 Å². The van der Waals surface area contributed by atoms with Crippen molar-refractivity contribution in [2.45, 2.75) is 36.7 Å². The molecule has 0 spiro atoms. The summed E-state index contributed by atoms with van der Waals surface area (Å²) in [6, 6.07) is 0. The Hall–Kier alpha value is -1.45. The van der Waals surface area contributed by atoms with Crippen LogP contribution in [-0.2, 0) is 33.4 Å². The van der Waals surface area contributed by atoms with Gasteiger partial charge in [0, 0.05) is 5.92 Å². The standard InChI is InChI=1S/C15H21NO7S/c1-3-12(17)16-4-5-21-13(18)8-22-15(2)9-6-10-11(7-9)24(19,20)23-14(10)15/h3,9-11,14H,1,4-8H2,2H3,(H,16,17). The lowest BCUT2D eigenvalue weighted by molar-refractivity contribution is -0.166. The monoisotopic (exact) mass is 359 g/mol. The number of hydrogen-bond acceptors (Lipinski definition) is 7. The van der Waals surface area contributed by atoms with Gasteiger partial charge in [-0.2, -0.15) is 8.42 Å². The molecule has 0 aromatic heterocycles. The largest absolute Gasteiger partial charge is 0.462 e. The fourth-order valence-electron chi connectivity index (χ4n) is 4.06. The molecule has 0 radical (unpaired) electrons. The maximum Gasteiger partial charge on any atom is 0.332 e. The van der Waals surface area contributed by atoms with E-state index in [-0.39, 0.29) is 37.5 Å². The number of amides is 1. The van der Waals surface area contributed by atoms with E-state index in [2.05, 4.69) is 11.9 Å². The number of nitrogens with one attached hydrogen (secondary N) is 1. The van der Waals surface area contributed by atoms with Crippen molar-refractivity contribution in [1.82, 2.24) is 5.32 Å². The van der Waals surface area contributed by atoms with Crippen LogP contribution in [0.2, 0.25) is 0 Å². The molecular formula is C15H21NO7S. The van der Waals surface area contributed by atoms with Crippen LogP contribution in [0.1, 0.15) is 19.8 Å². The summed E-state index contributed by atoms with van der Waals surface area (Å²) < 4.78 is 39.9. The molecule has 1 aliphatic heterocycles. The SMILES string of the molecule is C=CC(=O)NCCOC(=O)COC1(C)C2CC3C1OS(=O)(=O)C3C2. The van der Waals surface area contributed by atoms with Crippen molar-refractivity contribution in [3.8, 4) is 0 Å². The van der Waals surface area contributed by atoms with Crippen molar-refractivity contribution in [2.75, 3.05) is 19.8 Å². The summed E-state index contributed by atoms with van der Waals surface area (Å²) in [6.45, 7) is 5.05. The minimum absolute atomic E-state index is 0.0287. The van der Waals surface area contributed by atoms with Crippen molar-refractivity contribution in [3.05, 3.63) is 12.7 Å². The van der Waals surface area contributed by atoms with Crippen LogP contribution in [0.5, 0.6) is 0 Å². The van der Waals surface area contributed by atoms with E-state index in [0.29, 0.717) is 6.42 Å². The molecular weight excluding hydrogens is 338 g/mol. The highest BCUT2D eigenvalue weighted by atomic mass is 32.2. The summed E-state index contributed by atoms with van der Waals surface area (Å²) in [6.07, 6.45) is 1.87. The third-order valence-electron chi connectivity index (χ3n) is 5.27. The maximum atomic E-state index is 11.9. The number of fused-ring (bicyclic) bond motifs is 1. The summed E-state index contributed by atoms with van der Waals surface area (Å²) in [4.78, 5) is 22.7. The van der Waals surface area contributed by atoms with Gasteiger partial charge in [-0.25, -0.2) is 4.79 Å². The Kier molecular flexibility index (Phi) is 4.43. The van der Waals surface area contributed by atoms with Crippen LogP contribution in [0, 0.1) is 11.8 Å². The lowest BCUT2D eigenvalue weighted by atomic mass is 9.83. The first kappa shape index (κ1) is 17.4. The third kappa shape index (κ3) is 2.84. The zero-order chi connectivity index (χ0) is 17.5. The third-order valence-corrected chi connectivity index (χ3v) is 7.03. The summed E-state index contributed by atoms with van der Waals surface area (Å²) in [5, 5.41) is 2.06. The molecule has 1 amide bonds. The van der Waals surface area contributed by atoms with Gasteiger partial charge in [0.05, 0.1) is 17.4 Å². The van der Waals surface area contributed by atoms with E-state index in [1.54, 1.807) is 6.92 Å². The molecule has 1 heterocycles. The van der Waals surface area contributed by atoms with Gasteiger partial charge in [0.1, 0.15) is 19.3 Å². The minimum atomic E-state index is -3.51. The van der Waals surface area contributed by atoms with Gasteiger partial charge in [-0.3, -0.25) is 8.98 Å². The summed E-state index contributed by atoms with van der Waals surface area (Å²) in [7, 11) is -3.51. The highest BCUT2D eigenvalue weighted by molar-refractivity contribution is 7.87. The van der Waals surface area contributed by atoms with E-state index in [1.165, 1.54) is 0 Å². The Balaban J connectivity index is 1.48. The highest BCUT2D eigenvalue weighted by Gasteiger charge is 2.69. The minimum Gasteiger partial charge on any atom is -0.462 e. The van der Waals surface area contributed by atoms with Crippen LogP contribution in [-0.4, -0.2) is 57.0 Å². The first-order valence-electron chi connectivity index (χ1n) is 7.90. The van der Waals surface area contributed by atoms with E-state index >= 15 is 0 Å². The molecule has 8 nitrogen and oxygen atoms in total. The van der Waals surface area contributed by atoms with Crippen LogP contribution >= 0.6 is 0 Å². The van der Waals surface area contributed by atoms with Gasteiger partial charge >= 0.3 is 5.97 Å². The Morgan fingerprint density at radius 2 is 2.17 bits per heavy atom. The molecule has 1 N–H and O–H groups in total. The fourth-order valence-corrected chi connectivity index (χ4v) is 5.97. The lowest BCUT2D eigenvalue weighted by Crippen LogP contribution is -2.48. The van der Waals surface area contributed by atoms with Crippen LogP contribution < -0.4 is 5.32 Å². The number of esters is 1. The van der Waals surface area contributed by atoms with Crippen LogP contribution in [0.15, 0.2) is 12.7 Å². The number of hydrogen-bond donors (Lipinski definition) is 1.